The average Bonchev–Trinajstić information content (AvgIpc) is 3.20. The van der Waals surface area contributed by atoms with Crippen LogP contribution < -0.4 is 19.7 Å². The second-order valence-electron chi connectivity index (χ2n) is 8.77. The Morgan fingerprint density at radius 3 is 2.83 bits per heavy atom. The minimum atomic E-state index is -0.258. The summed E-state index contributed by atoms with van der Waals surface area (Å²) in [5.41, 5.74) is 3.27. The van der Waals surface area contributed by atoms with Gasteiger partial charge in [-0.1, -0.05) is 12.1 Å². The molecule has 7 nitrogen and oxygen atoms in total. The van der Waals surface area contributed by atoms with E-state index in [0.29, 0.717) is 11.9 Å². The number of fused-ring (bicyclic) bond motifs is 2. The van der Waals surface area contributed by atoms with Crippen LogP contribution in [0.4, 0.5) is 11.6 Å². The Bertz CT molecular complexity index is 908. The summed E-state index contributed by atoms with van der Waals surface area (Å²) in [4.78, 5) is 14.0. The molecule has 1 unspecified atom stereocenters. The maximum absolute atomic E-state index is 6.04. The monoisotopic (exact) mass is 395 g/mol. The number of hydrogen-bond acceptors (Lipinski definition) is 7. The smallest absolute Gasteiger partial charge is 0.242 e. The molecular formula is C22H29N5O2. The predicted molar refractivity (Wildman–Crippen MR) is 113 cm³/mol. The van der Waals surface area contributed by atoms with E-state index >= 15 is 0 Å². The van der Waals surface area contributed by atoms with Crippen LogP contribution in [0.3, 0.4) is 0 Å². The number of aromatic nitrogens is 2. The number of nitrogens with one attached hydrogen (secondary N) is 1. The molecule has 1 saturated heterocycles. The van der Waals surface area contributed by atoms with Crippen molar-refractivity contribution in [2.75, 3.05) is 49.5 Å². The molecule has 3 aliphatic heterocycles. The van der Waals surface area contributed by atoms with Gasteiger partial charge in [-0.2, -0.15) is 4.98 Å². The highest BCUT2D eigenvalue weighted by atomic mass is 16.5. The van der Waals surface area contributed by atoms with E-state index in [0.717, 1.165) is 63.1 Å². The Morgan fingerprint density at radius 1 is 1.17 bits per heavy atom. The van der Waals surface area contributed by atoms with Crippen molar-refractivity contribution in [2.45, 2.75) is 38.8 Å². The van der Waals surface area contributed by atoms with Crippen LogP contribution in [0.5, 0.6) is 11.6 Å². The van der Waals surface area contributed by atoms with Crippen molar-refractivity contribution >= 4 is 11.6 Å². The molecule has 29 heavy (non-hydrogen) atoms. The lowest BCUT2D eigenvalue weighted by Gasteiger charge is -2.39. The topological polar surface area (TPSA) is 62.8 Å². The van der Waals surface area contributed by atoms with Gasteiger partial charge in [0, 0.05) is 38.6 Å². The van der Waals surface area contributed by atoms with Gasteiger partial charge in [-0.05, 0) is 38.0 Å². The zero-order valence-electron chi connectivity index (χ0n) is 17.4. The normalized spacial score (nSPS) is 21.4. The van der Waals surface area contributed by atoms with Gasteiger partial charge in [0.2, 0.25) is 11.8 Å². The Hall–Kier alpha value is -2.54. The van der Waals surface area contributed by atoms with E-state index < -0.39 is 0 Å². The quantitative estimate of drug-likeness (QED) is 0.857. The summed E-state index contributed by atoms with van der Waals surface area (Å²) in [6, 6.07) is 7.06. The third kappa shape index (κ3) is 3.59. The lowest BCUT2D eigenvalue weighted by atomic mass is 10.0. The SMILES string of the molecule is CC(c1ccc2c(c1)OCC2)N1CCN(c2ncc3c(n2)OC(C)(C)CN3)CC1. The first-order chi connectivity index (χ1) is 14.0. The van der Waals surface area contributed by atoms with Gasteiger partial charge in [0.1, 0.15) is 17.0 Å². The highest BCUT2D eigenvalue weighted by Crippen LogP contribution is 2.33. The van der Waals surface area contributed by atoms with E-state index in [4.69, 9.17) is 14.5 Å². The van der Waals surface area contributed by atoms with Gasteiger partial charge >= 0.3 is 0 Å². The number of nitrogens with zero attached hydrogens (tertiary/aromatic N) is 4. The van der Waals surface area contributed by atoms with Gasteiger partial charge in [-0.25, -0.2) is 4.98 Å². The van der Waals surface area contributed by atoms with Crippen molar-refractivity contribution in [3.05, 3.63) is 35.5 Å². The Balaban J connectivity index is 1.25. The molecule has 0 saturated carbocycles. The predicted octanol–water partition coefficient (Wildman–Crippen LogP) is 2.88. The van der Waals surface area contributed by atoms with Crippen LogP contribution >= 0.6 is 0 Å². The molecule has 3 aliphatic rings. The molecule has 0 radical (unpaired) electrons. The van der Waals surface area contributed by atoms with E-state index in [-0.39, 0.29) is 5.60 Å². The van der Waals surface area contributed by atoms with Crippen molar-refractivity contribution in [1.29, 1.82) is 0 Å². The zero-order valence-corrected chi connectivity index (χ0v) is 17.4. The molecule has 4 heterocycles. The van der Waals surface area contributed by atoms with Crippen LogP contribution in [0, 0.1) is 0 Å². The number of ether oxygens (including phenoxy) is 2. The first kappa shape index (κ1) is 18.5. The fourth-order valence-electron chi connectivity index (χ4n) is 4.28. The van der Waals surface area contributed by atoms with E-state index in [1.807, 2.05) is 6.20 Å². The average molecular weight is 396 g/mol. The molecule has 7 heteroatoms. The molecule has 0 aliphatic carbocycles. The fourth-order valence-corrected chi connectivity index (χ4v) is 4.28. The van der Waals surface area contributed by atoms with Crippen LogP contribution in [0.15, 0.2) is 24.4 Å². The fraction of sp³-hybridized carbons (Fsp3) is 0.545. The van der Waals surface area contributed by atoms with E-state index in [9.17, 15) is 0 Å². The molecule has 154 valence electrons. The molecule has 0 amide bonds. The number of rotatable bonds is 3. The third-order valence-electron chi connectivity index (χ3n) is 6.17. The minimum absolute atomic E-state index is 0.258. The number of anilines is 2. The molecule has 1 aromatic carbocycles. The molecule has 2 aromatic rings. The number of piperazine rings is 1. The summed E-state index contributed by atoms with van der Waals surface area (Å²) in [5, 5.41) is 3.35. The summed E-state index contributed by atoms with van der Waals surface area (Å²) in [6.07, 6.45) is 2.87. The lowest BCUT2D eigenvalue weighted by Crippen LogP contribution is -2.48. The molecule has 1 aromatic heterocycles. The summed E-state index contributed by atoms with van der Waals surface area (Å²) in [5.74, 6) is 2.47. The number of benzene rings is 1. The second-order valence-corrected chi connectivity index (χ2v) is 8.77. The van der Waals surface area contributed by atoms with Crippen molar-refractivity contribution in [3.63, 3.8) is 0 Å². The van der Waals surface area contributed by atoms with Crippen LogP contribution in [-0.4, -0.2) is 59.8 Å². The van der Waals surface area contributed by atoms with Crippen molar-refractivity contribution < 1.29 is 9.47 Å². The number of hydrogen-bond donors (Lipinski definition) is 1. The van der Waals surface area contributed by atoms with Crippen molar-refractivity contribution in [2.24, 2.45) is 0 Å². The van der Waals surface area contributed by atoms with Crippen LogP contribution in [0.1, 0.15) is 37.9 Å². The van der Waals surface area contributed by atoms with Gasteiger partial charge in [0.15, 0.2) is 0 Å². The van der Waals surface area contributed by atoms with Gasteiger partial charge in [0.05, 0.1) is 19.3 Å². The summed E-state index contributed by atoms with van der Waals surface area (Å²) in [6.45, 7) is 11.7. The van der Waals surface area contributed by atoms with Crippen LogP contribution in [0.2, 0.25) is 0 Å². The highest BCUT2D eigenvalue weighted by molar-refractivity contribution is 5.55. The van der Waals surface area contributed by atoms with E-state index in [1.165, 1.54) is 11.1 Å². The van der Waals surface area contributed by atoms with Gasteiger partial charge in [-0.3, -0.25) is 4.90 Å². The first-order valence-electron chi connectivity index (χ1n) is 10.5. The maximum atomic E-state index is 6.04. The highest BCUT2D eigenvalue weighted by Gasteiger charge is 2.30. The molecule has 1 fully saturated rings. The molecule has 1 N–H and O–H groups in total. The molecule has 0 bridgehead atoms. The zero-order chi connectivity index (χ0) is 20.0. The van der Waals surface area contributed by atoms with E-state index in [1.54, 1.807) is 0 Å². The Kier molecular flexibility index (Phi) is 4.50. The maximum Gasteiger partial charge on any atom is 0.242 e. The van der Waals surface area contributed by atoms with Gasteiger partial charge < -0.3 is 19.7 Å². The molecule has 5 rings (SSSR count). The van der Waals surface area contributed by atoms with Crippen molar-refractivity contribution in [3.8, 4) is 11.6 Å². The van der Waals surface area contributed by atoms with Gasteiger partial charge in [0.25, 0.3) is 0 Å². The van der Waals surface area contributed by atoms with Crippen LogP contribution in [-0.2, 0) is 6.42 Å². The minimum Gasteiger partial charge on any atom is -0.493 e. The first-order valence-corrected chi connectivity index (χ1v) is 10.5. The second kappa shape index (κ2) is 7.06. The summed E-state index contributed by atoms with van der Waals surface area (Å²) < 4.78 is 11.8. The Morgan fingerprint density at radius 2 is 2.00 bits per heavy atom. The standard InChI is InChI=1S/C22H29N5O2/c1-15(17-5-4-16-6-11-28-19(16)12-17)26-7-9-27(10-8-26)21-23-13-18-20(25-21)29-22(2,3)14-24-18/h4-5,12-13,15,24H,6-11,14H2,1-3H3. The van der Waals surface area contributed by atoms with E-state index in [2.05, 4.69) is 59.1 Å². The molecular weight excluding hydrogens is 366 g/mol. The third-order valence-corrected chi connectivity index (χ3v) is 6.17. The largest absolute Gasteiger partial charge is 0.493 e. The summed E-state index contributed by atoms with van der Waals surface area (Å²) in [7, 11) is 0. The van der Waals surface area contributed by atoms with Gasteiger partial charge in [-0.15, -0.1) is 0 Å². The van der Waals surface area contributed by atoms with Crippen LogP contribution in [0.25, 0.3) is 0 Å². The lowest BCUT2D eigenvalue weighted by molar-refractivity contribution is 0.109. The summed E-state index contributed by atoms with van der Waals surface area (Å²) >= 11 is 0. The molecule has 0 spiro atoms. The van der Waals surface area contributed by atoms with Crippen molar-refractivity contribution in [1.82, 2.24) is 14.9 Å². The Labute approximate surface area is 172 Å². The molecule has 1 atom stereocenters.